The van der Waals surface area contributed by atoms with E-state index in [1.54, 1.807) is 19.4 Å². The molecule has 3 heterocycles. The molecule has 0 spiro atoms. The third kappa shape index (κ3) is 4.48. The van der Waals surface area contributed by atoms with E-state index < -0.39 is 0 Å². The molecule has 1 amide bonds. The van der Waals surface area contributed by atoms with Crippen LogP contribution in [0.1, 0.15) is 34.0 Å². The molecule has 0 saturated carbocycles. The quantitative estimate of drug-likeness (QED) is 0.586. The van der Waals surface area contributed by atoms with Crippen LogP contribution in [0.15, 0.2) is 72.9 Å². The largest absolute Gasteiger partial charge is 0.497 e. The first kappa shape index (κ1) is 21.6. The van der Waals surface area contributed by atoms with Crippen LogP contribution in [0.2, 0.25) is 0 Å². The first-order valence-electron chi connectivity index (χ1n) is 11.4. The summed E-state index contributed by atoms with van der Waals surface area (Å²) in [6.45, 7) is 3.31. The Morgan fingerprint density at radius 3 is 2.55 bits per heavy atom. The molecule has 5 nitrogen and oxygen atoms in total. The zero-order valence-corrected chi connectivity index (χ0v) is 18.7. The second-order valence-electron chi connectivity index (χ2n) is 8.93. The van der Waals surface area contributed by atoms with Gasteiger partial charge in [-0.2, -0.15) is 0 Å². The van der Waals surface area contributed by atoms with E-state index in [9.17, 15) is 9.18 Å². The fraction of sp³-hybridized carbons (Fsp3) is 0.333. The maximum atomic E-state index is 13.6. The number of halogens is 1. The highest BCUT2D eigenvalue weighted by molar-refractivity contribution is 5.92. The van der Waals surface area contributed by atoms with Crippen molar-refractivity contribution in [2.45, 2.75) is 24.9 Å². The highest BCUT2D eigenvalue weighted by Gasteiger charge is 2.47. The van der Waals surface area contributed by atoms with Crippen LogP contribution in [0.3, 0.4) is 0 Å². The van der Waals surface area contributed by atoms with Crippen LogP contribution in [0, 0.1) is 11.7 Å². The van der Waals surface area contributed by atoms with Gasteiger partial charge in [0.15, 0.2) is 0 Å². The molecule has 6 heteroatoms. The van der Waals surface area contributed by atoms with E-state index in [-0.39, 0.29) is 29.6 Å². The number of fused-ring (bicyclic) bond motifs is 1. The van der Waals surface area contributed by atoms with Crippen molar-refractivity contribution in [2.24, 2.45) is 5.92 Å². The number of benzene rings is 2. The van der Waals surface area contributed by atoms with E-state index in [1.165, 1.54) is 17.7 Å². The van der Waals surface area contributed by atoms with E-state index in [0.717, 1.165) is 37.4 Å². The predicted molar refractivity (Wildman–Crippen MR) is 125 cm³/mol. The average molecular weight is 446 g/mol. The minimum atomic E-state index is -0.237. The molecule has 170 valence electrons. The molecule has 0 bridgehead atoms. The van der Waals surface area contributed by atoms with Crippen molar-refractivity contribution in [3.8, 4) is 5.75 Å². The molecule has 1 aromatic heterocycles. The Labute approximate surface area is 193 Å². The summed E-state index contributed by atoms with van der Waals surface area (Å²) in [7, 11) is 1.67. The van der Waals surface area contributed by atoms with Gasteiger partial charge in [-0.3, -0.25) is 14.7 Å². The molecule has 33 heavy (non-hydrogen) atoms. The van der Waals surface area contributed by atoms with Crippen LogP contribution in [0.4, 0.5) is 4.39 Å². The van der Waals surface area contributed by atoms with E-state index in [1.807, 2.05) is 41.3 Å². The van der Waals surface area contributed by atoms with E-state index in [0.29, 0.717) is 12.2 Å². The summed E-state index contributed by atoms with van der Waals surface area (Å²) in [5.41, 5.74) is 2.82. The number of ether oxygens (including phenoxy) is 1. The predicted octanol–water partition coefficient (Wildman–Crippen LogP) is 4.36. The van der Waals surface area contributed by atoms with Gasteiger partial charge in [-0.15, -0.1) is 0 Å². The van der Waals surface area contributed by atoms with Crippen molar-refractivity contribution in [3.63, 3.8) is 0 Å². The number of amides is 1. The standard InChI is InChI=1S/C27H28FN3O2/c1-33-22-11-5-19(6-12-22)16-30-15-13-26-24(17-30)23(20-7-9-21(28)10-8-20)18-31(26)27(32)25-4-2-3-14-29-25/h2-12,14,23-24,26H,13,15-18H2,1H3/t23-,24-,26-/m1/s1. The molecular weight excluding hydrogens is 417 g/mol. The van der Waals surface area contributed by atoms with Crippen LogP contribution in [-0.2, 0) is 6.54 Å². The number of likely N-dealkylation sites (tertiary alicyclic amines) is 2. The molecule has 2 aromatic carbocycles. The van der Waals surface area contributed by atoms with Crippen molar-refractivity contribution < 1.29 is 13.9 Å². The van der Waals surface area contributed by atoms with Crippen LogP contribution in [-0.4, -0.2) is 53.5 Å². The molecule has 2 saturated heterocycles. The van der Waals surface area contributed by atoms with Crippen LogP contribution < -0.4 is 4.74 Å². The van der Waals surface area contributed by atoms with Gasteiger partial charge in [0, 0.05) is 50.3 Å². The van der Waals surface area contributed by atoms with Crippen LogP contribution in [0.5, 0.6) is 5.75 Å². The highest BCUT2D eigenvalue weighted by atomic mass is 19.1. The number of nitrogens with zero attached hydrogens (tertiary/aromatic N) is 3. The first-order chi connectivity index (χ1) is 16.1. The molecule has 3 atom stereocenters. The lowest BCUT2D eigenvalue weighted by Gasteiger charge is -2.39. The highest BCUT2D eigenvalue weighted by Crippen LogP contribution is 2.42. The SMILES string of the molecule is COc1ccc(CN2CC[C@@H]3[C@H](C2)[C@@H](c2ccc(F)cc2)CN3C(=O)c2ccccn2)cc1. The minimum absolute atomic E-state index is 0.0150. The van der Waals surface area contributed by atoms with Gasteiger partial charge in [0.05, 0.1) is 7.11 Å². The van der Waals surface area contributed by atoms with Gasteiger partial charge in [0.2, 0.25) is 0 Å². The molecule has 0 aliphatic carbocycles. The van der Waals surface area contributed by atoms with Gasteiger partial charge in [0.1, 0.15) is 17.3 Å². The van der Waals surface area contributed by atoms with Crippen molar-refractivity contribution >= 4 is 5.91 Å². The summed E-state index contributed by atoms with van der Waals surface area (Å²) < 4.78 is 18.9. The summed E-state index contributed by atoms with van der Waals surface area (Å²) >= 11 is 0. The van der Waals surface area contributed by atoms with Gasteiger partial charge >= 0.3 is 0 Å². The van der Waals surface area contributed by atoms with Crippen molar-refractivity contribution in [3.05, 3.63) is 95.6 Å². The van der Waals surface area contributed by atoms with Gasteiger partial charge in [0.25, 0.3) is 5.91 Å². The Balaban J connectivity index is 1.38. The van der Waals surface area contributed by atoms with Gasteiger partial charge in [-0.05, 0) is 53.9 Å². The maximum Gasteiger partial charge on any atom is 0.272 e. The summed E-state index contributed by atoms with van der Waals surface area (Å²) in [5.74, 6) is 1.06. The topological polar surface area (TPSA) is 45.7 Å². The Morgan fingerprint density at radius 2 is 1.85 bits per heavy atom. The zero-order valence-electron chi connectivity index (χ0n) is 18.7. The molecule has 2 aliphatic rings. The first-order valence-corrected chi connectivity index (χ1v) is 11.4. The number of hydrogen-bond acceptors (Lipinski definition) is 4. The number of methoxy groups -OCH3 is 1. The third-order valence-electron chi connectivity index (χ3n) is 7.02. The summed E-state index contributed by atoms with van der Waals surface area (Å²) in [5, 5.41) is 0. The number of aromatic nitrogens is 1. The fourth-order valence-corrected chi connectivity index (χ4v) is 5.37. The molecule has 2 aliphatic heterocycles. The number of carbonyl (C=O) groups is 1. The van der Waals surface area contributed by atoms with Crippen molar-refractivity contribution in [2.75, 3.05) is 26.7 Å². The number of pyridine rings is 1. The van der Waals surface area contributed by atoms with E-state index in [4.69, 9.17) is 4.74 Å². The van der Waals surface area contributed by atoms with Gasteiger partial charge in [-0.25, -0.2) is 4.39 Å². The molecule has 2 fully saturated rings. The number of piperidine rings is 1. The molecular formula is C27H28FN3O2. The fourth-order valence-electron chi connectivity index (χ4n) is 5.37. The van der Waals surface area contributed by atoms with Crippen LogP contribution in [0.25, 0.3) is 0 Å². The lowest BCUT2D eigenvalue weighted by Crippen LogP contribution is -2.47. The zero-order chi connectivity index (χ0) is 22.8. The molecule has 0 N–H and O–H groups in total. The normalized spacial score (nSPS) is 22.7. The lowest BCUT2D eigenvalue weighted by atomic mass is 9.81. The molecule has 3 aromatic rings. The summed E-state index contributed by atoms with van der Waals surface area (Å²) in [4.78, 5) is 22.1. The third-order valence-corrected chi connectivity index (χ3v) is 7.02. The second kappa shape index (κ2) is 9.32. The summed E-state index contributed by atoms with van der Waals surface area (Å²) in [6.07, 6.45) is 2.58. The van der Waals surface area contributed by atoms with Crippen molar-refractivity contribution in [1.29, 1.82) is 0 Å². The smallest absolute Gasteiger partial charge is 0.272 e. The number of carbonyl (C=O) groups excluding carboxylic acids is 1. The van der Waals surface area contributed by atoms with E-state index >= 15 is 0 Å². The van der Waals surface area contributed by atoms with Gasteiger partial charge in [-0.1, -0.05) is 30.3 Å². The van der Waals surface area contributed by atoms with E-state index in [2.05, 4.69) is 22.0 Å². The second-order valence-corrected chi connectivity index (χ2v) is 8.93. The summed E-state index contributed by atoms with van der Waals surface area (Å²) in [6, 6.07) is 20.6. The van der Waals surface area contributed by atoms with Crippen LogP contribution >= 0.6 is 0 Å². The average Bonchev–Trinajstić information content (AvgIpc) is 3.24. The van der Waals surface area contributed by atoms with Gasteiger partial charge < -0.3 is 9.64 Å². The number of rotatable bonds is 5. The maximum absolute atomic E-state index is 13.6. The molecule has 5 rings (SSSR count). The van der Waals surface area contributed by atoms with Crippen molar-refractivity contribution in [1.82, 2.24) is 14.8 Å². The lowest BCUT2D eigenvalue weighted by molar-refractivity contribution is 0.0608. The Hall–Kier alpha value is -3.25. The number of hydrogen-bond donors (Lipinski definition) is 0. The Bertz CT molecular complexity index is 1090. The Kier molecular flexibility index (Phi) is 6.09. The molecule has 0 radical (unpaired) electrons. The minimum Gasteiger partial charge on any atom is -0.497 e. The molecule has 0 unspecified atom stereocenters. The monoisotopic (exact) mass is 445 g/mol. The Morgan fingerprint density at radius 1 is 1.06 bits per heavy atom.